The molecule has 0 spiro atoms. The van der Waals surface area contributed by atoms with Gasteiger partial charge in [-0.25, -0.2) is 9.59 Å². The molecule has 270 valence electrons. The van der Waals surface area contributed by atoms with Crippen molar-refractivity contribution in [3.05, 3.63) is 89.6 Å². The van der Waals surface area contributed by atoms with Crippen molar-refractivity contribution in [2.24, 2.45) is 0 Å². The van der Waals surface area contributed by atoms with Crippen LogP contribution in [-0.4, -0.2) is 101 Å². The molecule has 0 radical (unpaired) electrons. The third-order valence-corrected chi connectivity index (χ3v) is 10.1. The minimum Gasteiger partial charge on any atom is -0.465 e. The molecule has 3 aliphatic heterocycles. The van der Waals surface area contributed by atoms with Gasteiger partial charge in [0.1, 0.15) is 25.1 Å². The molecule has 4 heterocycles. The largest absolute Gasteiger partial charge is 0.465 e. The molecule has 13 heteroatoms. The lowest BCUT2D eigenvalue weighted by atomic mass is 10.0. The molecule has 52 heavy (non-hydrogen) atoms. The molecule has 1 aromatic heterocycles. The van der Waals surface area contributed by atoms with Crippen molar-refractivity contribution in [3.8, 4) is 12.1 Å². The number of aromatic nitrogens is 2. The Morgan fingerprint density at radius 3 is 2.58 bits per heavy atom. The first-order chi connectivity index (χ1) is 25.2. The van der Waals surface area contributed by atoms with Gasteiger partial charge in [0.2, 0.25) is 0 Å². The van der Waals surface area contributed by atoms with Crippen LogP contribution in [0.1, 0.15) is 37.1 Å². The molecule has 3 aliphatic rings. The Kier molecular flexibility index (Phi) is 10.0. The van der Waals surface area contributed by atoms with Crippen LogP contribution in [0.3, 0.4) is 0 Å². The number of piperazine rings is 1. The van der Waals surface area contributed by atoms with Crippen molar-refractivity contribution in [1.29, 1.82) is 5.26 Å². The average molecular weight is 706 g/mol. The number of hydrogen-bond donors (Lipinski definition) is 1. The van der Waals surface area contributed by atoms with Crippen molar-refractivity contribution in [1.82, 2.24) is 19.8 Å². The minimum absolute atomic E-state index is 0.0726. The van der Waals surface area contributed by atoms with Gasteiger partial charge in [-0.1, -0.05) is 66.7 Å². The van der Waals surface area contributed by atoms with Gasteiger partial charge in [0.05, 0.1) is 49.5 Å². The maximum absolute atomic E-state index is 13.3. The summed E-state index contributed by atoms with van der Waals surface area (Å²) in [7, 11) is 0. The van der Waals surface area contributed by atoms with Gasteiger partial charge in [-0.2, -0.15) is 15.2 Å². The second kappa shape index (κ2) is 14.9. The van der Waals surface area contributed by atoms with E-state index >= 15 is 0 Å². The molecule has 2 fully saturated rings. The summed E-state index contributed by atoms with van der Waals surface area (Å²) in [5.41, 5.74) is 3.20. The van der Waals surface area contributed by atoms with E-state index < -0.39 is 29.9 Å². The van der Waals surface area contributed by atoms with Crippen molar-refractivity contribution >= 4 is 34.5 Å². The van der Waals surface area contributed by atoms with Crippen LogP contribution in [0.5, 0.6) is 6.01 Å². The van der Waals surface area contributed by atoms with Crippen molar-refractivity contribution in [3.63, 3.8) is 0 Å². The number of nitriles is 1. The third-order valence-electron chi connectivity index (χ3n) is 10.1. The van der Waals surface area contributed by atoms with Crippen LogP contribution in [0.2, 0.25) is 0 Å². The van der Waals surface area contributed by atoms with E-state index in [0.717, 1.165) is 45.6 Å². The maximum atomic E-state index is 13.3. The number of rotatable bonds is 8. The van der Waals surface area contributed by atoms with E-state index in [1.807, 2.05) is 56.3 Å². The van der Waals surface area contributed by atoms with Gasteiger partial charge in [0, 0.05) is 42.8 Å². The molecule has 1 N–H and O–H groups in total. The van der Waals surface area contributed by atoms with E-state index in [4.69, 9.17) is 24.2 Å². The molecular formula is C39H43N7O6. The second-order valence-corrected chi connectivity index (χ2v) is 14.1. The highest BCUT2D eigenvalue weighted by molar-refractivity contribution is 5.94. The average Bonchev–Trinajstić information content (AvgIpc) is 3.16. The fourth-order valence-corrected chi connectivity index (χ4v) is 7.28. The number of morpholine rings is 1. The maximum Gasteiger partial charge on any atom is 0.410 e. The summed E-state index contributed by atoms with van der Waals surface area (Å²) in [6, 6.07) is 26.2. The Morgan fingerprint density at radius 1 is 0.981 bits per heavy atom. The number of amides is 2. The number of carbonyl (C=O) groups is 2. The Morgan fingerprint density at radius 2 is 1.77 bits per heavy atom. The molecule has 3 aromatic carbocycles. The first-order valence-electron chi connectivity index (χ1n) is 17.7. The van der Waals surface area contributed by atoms with E-state index in [9.17, 15) is 20.0 Å². The molecule has 0 unspecified atom stereocenters. The zero-order chi connectivity index (χ0) is 36.2. The highest BCUT2D eigenvalue weighted by Gasteiger charge is 2.39. The van der Waals surface area contributed by atoms with Gasteiger partial charge in [0.15, 0.2) is 0 Å². The summed E-state index contributed by atoms with van der Waals surface area (Å²) < 4.78 is 17.9. The molecule has 13 nitrogen and oxygen atoms in total. The Hall–Kier alpha value is -5.61. The summed E-state index contributed by atoms with van der Waals surface area (Å²) >= 11 is 0. The Bertz CT molecular complexity index is 1960. The van der Waals surface area contributed by atoms with Gasteiger partial charge in [0.25, 0.3) is 0 Å². The summed E-state index contributed by atoms with van der Waals surface area (Å²) in [6.45, 7) is 6.80. The third kappa shape index (κ3) is 7.38. The topological polar surface area (TPSA) is 145 Å². The van der Waals surface area contributed by atoms with Gasteiger partial charge < -0.3 is 34.0 Å². The summed E-state index contributed by atoms with van der Waals surface area (Å²) in [4.78, 5) is 42.6. The van der Waals surface area contributed by atoms with E-state index in [2.05, 4.69) is 46.2 Å². The predicted octanol–water partition coefficient (Wildman–Crippen LogP) is 5.47. The lowest BCUT2D eigenvalue weighted by Gasteiger charge is -2.43. The Labute approximate surface area is 302 Å². The number of ether oxygens (including phenoxy) is 3. The lowest BCUT2D eigenvalue weighted by molar-refractivity contribution is -0.0985. The molecule has 4 aromatic rings. The van der Waals surface area contributed by atoms with Crippen molar-refractivity contribution < 1.29 is 28.9 Å². The molecule has 2 saturated heterocycles. The smallest absolute Gasteiger partial charge is 0.410 e. The SMILES string of the molecule is CC1(C)CO[C@@H](COc2nc3c(c(N4CCN(C(=O)OCc5ccccc5)[C@@H](CC#N)C4)n2)CCN(c2cccc4ccccc24)C3)CN1C(=O)O. The number of fused-ring (bicyclic) bond motifs is 2. The van der Waals surface area contributed by atoms with E-state index in [0.29, 0.717) is 32.6 Å². The van der Waals surface area contributed by atoms with Crippen molar-refractivity contribution in [2.75, 3.05) is 55.7 Å². The van der Waals surface area contributed by atoms with Gasteiger partial charge in [-0.15, -0.1) is 0 Å². The molecule has 2 amide bonds. The summed E-state index contributed by atoms with van der Waals surface area (Å²) in [6.07, 6.45) is -1.13. The van der Waals surface area contributed by atoms with Crippen LogP contribution in [0, 0.1) is 11.3 Å². The first kappa shape index (κ1) is 34.8. The molecular weight excluding hydrogens is 662 g/mol. The van der Waals surface area contributed by atoms with Crippen LogP contribution >= 0.6 is 0 Å². The second-order valence-electron chi connectivity index (χ2n) is 14.1. The first-order valence-corrected chi connectivity index (χ1v) is 17.7. The standard InChI is InChI=1S/C39H43N7O6/c1-39(2)26-52-30(22-46(39)37(47)48)25-50-36-41-33-23-43(34-14-8-12-28-11-6-7-13-31(28)34)18-16-32(33)35(42-36)44-19-20-45(29(21-44)15-17-40)38(49)51-24-27-9-4-3-5-10-27/h3-14,29-30H,15-16,18-26H2,1-2H3,(H,47,48)/t29-,30+/m0/s1. The predicted molar refractivity (Wildman–Crippen MR) is 194 cm³/mol. The number of carbonyl (C=O) groups excluding carboxylic acids is 1. The van der Waals surface area contributed by atoms with Gasteiger partial charge in [-0.3, -0.25) is 4.90 Å². The number of hydrogen-bond acceptors (Lipinski definition) is 10. The van der Waals surface area contributed by atoms with Gasteiger partial charge in [-0.05, 0) is 37.3 Å². The summed E-state index contributed by atoms with van der Waals surface area (Å²) in [5, 5.41) is 21.9. The Balaban J connectivity index is 1.14. The fraction of sp³-hybridized carbons (Fsp3) is 0.410. The zero-order valence-corrected chi connectivity index (χ0v) is 29.5. The molecule has 0 bridgehead atoms. The van der Waals surface area contributed by atoms with Crippen LogP contribution in [0.4, 0.5) is 21.1 Å². The van der Waals surface area contributed by atoms with E-state index in [1.54, 1.807) is 4.90 Å². The van der Waals surface area contributed by atoms with E-state index in [1.165, 1.54) is 4.90 Å². The fourth-order valence-electron chi connectivity index (χ4n) is 7.28. The van der Waals surface area contributed by atoms with Crippen LogP contribution < -0.4 is 14.5 Å². The summed E-state index contributed by atoms with van der Waals surface area (Å²) in [5.74, 6) is 0.718. The zero-order valence-electron chi connectivity index (χ0n) is 29.5. The number of anilines is 2. The molecule has 2 atom stereocenters. The van der Waals surface area contributed by atoms with Crippen molar-refractivity contribution in [2.45, 2.75) is 57.5 Å². The number of benzene rings is 3. The van der Waals surface area contributed by atoms with Crippen LogP contribution in [0.25, 0.3) is 10.8 Å². The molecule has 0 saturated carbocycles. The number of nitrogens with zero attached hydrogens (tertiary/aromatic N) is 7. The molecule has 0 aliphatic carbocycles. The van der Waals surface area contributed by atoms with Gasteiger partial charge >= 0.3 is 18.2 Å². The highest BCUT2D eigenvalue weighted by Crippen LogP contribution is 2.35. The van der Waals surface area contributed by atoms with Crippen LogP contribution in [-0.2, 0) is 29.0 Å². The van der Waals surface area contributed by atoms with E-state index in [-0.39, 0.29) is 38.8 Å². The molecule has 7 rings (SSSR count). The highest BCUT2D eigenvalue weighted by atomic mass is 16.6. The normalized spacial score (nSPS) is 19.9. The monoisotopic (exact) mass is 705 g/mol. The number of carboxylic acid groups (broad SMARTS) is 1. The quantitative estimate of drug-likeness (QED) is 0.249. The van der Waals surface area contributed by atoms with Crippen LogP contribution in [0.15, 0.2) is 72.8 Å². The minimum atomic E-state index is -1.01. The lowest BCUT2D eigenvalue weighted by Crippen LogP contribution is -2.59.